The Morgan fingerprint density at radius 1 is 1.00 bits per heavy atom. The number of hydrogen-bond acceptors (Lipinski definition) is 6. The van der Waals surface area contributed by atoms with Gasteiger partial charge in [0.25, 0.3) is 0 Å². The molecule has 1 amide bonds. The van der Waals surface area contributed by atoms with Crippen molar-refractivity contribution in [2.75, 3.05) is 25.1 Å². The molecule has 0 unspecified atom stereocenters. The number of thioether (sulfide) groups is 1. The van der Waals surface area contributed by atoms with E-state index in [9.17, 15) is 4.79 Å². The number of carbonyl (C=O) groups is 1. The van der Waals surface area contributed by atoms with Crippen LogP contribution in [0, 0.1) is 5.92 Å². The first-order chi connectivity index (χ1) is 15.7. The van der Waals surface area contributed by atoms with Crippen molar-refractivity contribution in [2.45, 2.75) is 30.2 Å². The Labute approximate surface area is 193 Å². The van der Waals surface area contributed by atoms with Gasteiger partial charge in [-0.2, -0.15) is 0 Å². The highest BCUT2D eigenvalue weighted by Crippen LogP contribution is 2.25. The number of piperidine rings is 1. The Hall–Kier alpha value is -3.06. The fourth-order valence-corrected chi connectivity index (χ4v) is 4.51. The fourth-order valence-electron chi connectivity index (χ4n) is 3.74. The summed E-state index contributed by atoms with van der Waals surface area (Å²) in [4.78, 5) is 14.8. The first-order valence-electron chi connectivity index (χ1n) is 10.9. The number of benzene rings is 2. The van der Waals surface area contributed by atoms with E-state index in [-0.39, 0.29) is 11.8 Å². The highest BCUT2D eigenvalue weighted by atomic mass is 32.2. The molecule has 0 aliphatic carbocycles. The Bertz CT molecular complexity index is 989. The Kier molecular flexibility index (Phi) is 7.61. The lowest BCUT2D eigenvalue weighted by atomic mass is 9.96. The molecule has 0 atom stereocenters. The number of hydrogen-bond donors (Lipinski definition) is 1. The molecule has 1 N–H and O–H groups in total. The first kappa shape index (κ1) is 22.1. The largest absolute Gasteiger partial charge is 0.497 e. The third-order valence-corrected chi connectivity index (χ3v) is 6.66. The summed E-state index contributed by atoms with van der Waals surface area (Å²) in [6.07, 6.45) is 1.64. The maximum Gasteiger partial charge on any atom is 0.223 e. The molecule has 1 aliphatic rings. The van der Waals surface area contributed by atoms with Crippen molar-refractivity contribution < 1.29 is 9.53 Å². The van der Waals surface area contributed by atoms with Crippen molar-refractivity contribution in [3.05, 3.63) is 77.9 Å². The molecule has 3 aromatic rings. The molecule has 2 aromatic carbocycles. The van der Waals surface area contributed by atoms with Crippen molar-refractivity contribution in [1.82, 2.24) is 15.5 Å². The Balaban J connectivity index is 1.21. The summed E-state index contributed by atoms with van der Waals surface area (Å²) in [7, 11) is 1.65. The van der Waals surface area contributed by atoms with Gasteiger partial charge in [0.05, 0.1) is 7.11 Å². The van der Waals surface area contributed by atoms with E-state index < -0.39 is 0 Å². The highest BCUT2D eigenvalue weighted by molar-refractivity contribution is 7.98. The summed E-state index contributed by atoms with van der Waals surface area (Å²) in [6, 6.07) is 22.2. The molecule has 0 spiro atoms. The number of amides is 1. The van der Waals surface area contributed by atoms with Gasteiger partial charge in [0.2, 0.25) is 5.91 Å². The predicted octanol–water partition coefficient (Wildman–Crippen LogP) is 4.31. The van der Waals surface area contributed by atoms with Gasteiger partial charge in [-0.1, -0.05) is 54.2 Å². The lowest BCUT2D eigenvalue weighted by Gasteiger charge is -2.31. The molecule has 32 heavy (non-hydrogen) atoms. The molecule has 0 bridgehead atoms. The molecule has 1 aromatic heterocycles. The molecule has 1 saturated heterocycles. The Morgan fingerprint density at radius 3 is 2.41 bits per heavy atom. The lowest BCUT2D eigenvalue weighted by Crippen LogP contribution is -2.40. The van der Waals surface area contributed by atoms with Gasteiger partial charge in [-0.05, 0) is 48.2 Å². The molecule has 166 valence electrons. The lowest BCUT2D eigenvalue weighted by molar-refractivity contribution is -0.125. The van der Waals surface area contributed by atoms with Crippen molar-refractivity contribution in [3.8, 4) is 5.75 Å². The average Bonchev–Trinajstić information content (AvgIpc) is 2.87. The van der Waals surface area contributed by atoms with E-state index in [1.807, 2.05) is 54.6 Å². The van der Waals surface area contributed by atoms with Crippen LogP contribution >= 0.6 is 11.8 Å². The van der Waals surface area contributed by atoms with Crippen LogP contribution in [0.4, 0.5) is 5.82 Å². The number of ether oxygens (including phenoxy) is 1. The summed E-state index contributed by atoms with van der Waals surface area (Å²) >= 11 is 1.69. The standard InChI is InChI=1S/C25H28N4O2S/c1-31-22-9-7-19(8-10-22)17-26-25(30)21-13-15-29(16-14-21)23-11-12-24(28-27-23)32-18-20-5-3-2-4-6-20/h2-12,21H,13-18H2,1H3,(H,26,30). The minimum Gasteiger partial charge on any atom is -0.497 e. The van der Waals surface area contributed by atoms with Crippen LogP contribution in [0.2, 0.25) is 0 Å². The number of aromatic nitrogens is 2. The molecule has 2 heterocycles. The van der Waals surface area contributed by atoms with Gasteiger partial charge in [-0.3, -0.25) is 4.79 Å². The zero-order valence-electron chi connectivity index (χ0n) is 18.2. The third-order valence-electron chi connectivity index (χ3n) is 5.67. The molecule has 4 rings (SSSR count). The van der Waals surface area contributed by atoms with Gasteiger partial charge in [-0.15, -0.1) is 10.2 Å². The number of anilines is 1. The van der Waals surface area contributed by atoms with Gasteiger partial charge < -0.3 is 15.0 Å². The van der Waals surface area contributed by atoms with E-state index in [1.165, 1.54) is 5.56 Å². The van der Waals surface area contributed by atoms with Gasteiger partial charge in [-0.25, -0.2) is 0 Å². The second-order valence-corrected chi connectivity index (χ2v) is 8.83. The van der Waals surface area contributed by atoms with E-state index >= 15 is 0 Å². The molecule has 6 nitrogen and oxygen atoms in total. The molecular formula is C25H28N4O2S. The number of carbonyl (C=O) groups excluding carboxylic acids is 1. The fraction of sp³-hybridized carbons (Fsp3) is 0.320. The van der Waals surface area contributed by atoms with Crippen LogP contribution in [0.3, 0.4) is 0 Å². The van der Waals surface area contributed by atoms with Gasteiger partial charge >= 0.3 is 0 Å². The number of nitrogens with one attached hydrogen (secondary N) is 1. The first-order valence-corrected chi connectivity index (χ1v) is 11.9. The summed E-state index contributed by atoms with van der Waals surface area (Å²) in [5.41, 5.74) is 2.34. The number of rotatable bonds is 8. The van der Waals surface area contributed by atoms with Crippen LogP contribution in [0.5, 0.6) is 5.75 Å². The van der Waals surface area contributed by atoms with Crippen LogP contribution in [-0.2, 0) is 17.1 Å². The topological polar surface area (TPSA) is 67.3 Å². The van der Waals surface area contributed by atoms with Crippen LogP contribution in [0.15, 0.2) is 71.8 Å². The molecule has 7 heteroatoms. The van der Waals surface area contributed by atoms with Crippen molar-refractivity contribution >= 4 is 23.5 Å². The summed E-state index contributed by atoms with van der Waals surface area (Å²) in [5.74, 6) is 2.74. The van der Waals surface area contributed by atoms with E-state index in [0.29, 0.717) is 6.54 Å². The highest BCUT2D eigenvalue weighted by Gasteiger charge is 2.25. The van der Waals surface area contributed by atoms with Crippen molar-refractivity contribution in [3.63, 3.8) is 0 Å². The minimum atomic E-state index is 0.0400. The summed E-state index contributed by atoms with van der Waals surface area (Å²) in [5, 5.41) is 12.8. The monoisotopic (exact) mass is 448 g/mol. The molecule has 1 aliphatic heterocycles. The third kappa shape index (κ3) is 6.01. The minimum absolute atomic E-state index is 0.0400. The Morgan fingerprint density at radius 2 is 1.75 bits per heavy atom. The van der Waals surface area contributed by atoms with Gasteiger partial charge in [0.15, 0.2) is 5.82 Å². The zero-order chi connectivity index (χ0) is 22.2. The molecule has 0 saturated carbocycles. The van der Waals surface area contributed by atoms with Crippen molar-refractivity contribution in [2.24, 2.45) is 5.92 Å². The van der Waals surface area contributed by atoms with Crippen LogP contribution < -0.4 is 15.0 Å². The molecule has 0 radical (unpaired) electrons. The summed E-state index contributed by atoms with van der Waals surface area (Å²) < 4.78 is 5.17. The molecule has 1 fully saturated rings. The maximum absolute atomic E-state index is 12.6. The zero-order valence-corrected chi connectivity index (χ0v) is 19.1. The van der Waals surface area contributed by atoms with E-state index in [0.717, 1.165) is 53.8 Å². The average molecular weight is 449 g/mol. The van der Waals surface area contributed by atoms with Crippen LogP contribution in [-0.4, -0.2) is 36.3 Å². The van der Waals surface area contributed by atoms with E-state index in [4.69, 9.17) is 4.74 Å². The van der Waals surface area contributed by atoms with Gasteiger partial charge in [0.1, 0.15) is 10.8 Å². The summed E-state index contributed by atoms with van der Waals surface area (Å²) in [6.45, 7) is 2.16. The number of methoxy groups -OCH3 is 1. The second kappa shape index (κ2) is 11.0. The van der Waals surface area contributed by atoms with Crippen LogP contribution in [0.1, 0.15) is 24.0 Å². The van der Waals surface area contributed by atoms with Crippen LogP contribution in [0.25, 0.3) is 0 Å². The van der Waals surface area contributed by atoms with Crippen molar-refractivity contribution in [1.29, 1.82) is 0 Å². The quantitative estimate of drug-likeness (QED) is 0.518. The van der Waals surface area contributed by atoms with Gasteiger partial charge in [0, 0.05) is 31.3 Å². The number of nitrogens with zero attached hydrogens (tertiary/aromatic N) is 3. The van der Waals surface area contributed by atoms with E-state index in [1.54, 1.807) is 18.9 Å². The SMILES string of the molecule is COc1ccc(CNC(=O)C2CCN(c3ccc(SCc4ccccc4)nn3)CC2)cc1. The maximum atomic E-state index is 12.6. The second-order valence-electron chi connectivity index (χ2n) is 7.83. The molecular weight excluding hydrogens is 420 g/mol. The normalized spacial score (nSPS) is 14.2. The smallest absolute Gasteiger partial charge is 0.223 e. The van der Waals surface area contributed by atoms with E-state index in [2.05, 4.69) is 32.5 Å². The predicted molar refractivity (Wildman–Crippen MR) is 128 cm³/mol.